The smallest absolute Gasteiger partial charge is 0.293 e. The van der Waals surface area contributed by atoms with Crippen molar-refractivity contribution in [3.63, 3.8) is 0 Å². The number of thioether (sulfide) groups is 1. The largest absolute Gasteiger partial charge is 0.342 e. The van der Waals surface area contributed by atoms with Gasteiger partial charge in [-0.1, -0.05) is 62.2 Å². The SMILES string of the molecule is CCCCN1C(=O)S/C(=C\c2cn(Cc3ccc(Cl)cc3)c3c(CC)cccc23)C1=O. The maximum Gasteiger partial charge on any atom is 0.293 e. The molecule has 4 rings (SSSR count). The number of carbonyl (C=O) groups is 2. The summed E-state index contributed by atoms with van der Waals surface area (Å²) in [6.07, 6.45) is 6.63. The third-order valence-electron chi connectivity index (χ3n) is 5.56. The number of carbonyl (C=O) groups excluding carboxylic acids is 2. The van der Waals surface area contributed by atoms with Crippen LogP contribution in [0.4, 0.5) is 4.79 Å². The molecule has 2 amide bonds. The van der Waals surface area contributed by atoms with Crippen LogP contribution in [-0.4, -0.2) is 27.2 Å². The van der Waals surface area contributed by atoms with Crippen molar-refractivity contribution in [2.75, 3.05) is 6.54 Å². The molecular formula is C25H25ClN2O2S. The second-order valence-electron chi connectivity index (χ2n) is 7.69. The molecule has 0 atom stereocenters. The molecule has 6 heteroatoms. The van der Waals surface area contributed by atoms with E-state index < -0.39 is 0 Å². The van der Waals surface area contributed by atoms with Crippen LogP contribution in [0.5, 0.6) is 0 Å². The molecule has 0 bridgehead atoms. The van der Waals surface area contributed by atoms with Gasteiger partial charge < -0.3 is 4.57 Å². The third kappa shape index (κ3) is 4.43. The summed E-state index contributed by atoms with van der Waals surface area (Å²) >= 11 is 7.08. The monoisotopic (exact) mass is 452 g/mol. The van der Waals surface area contributed by atoms with Crippen LogP contribution < -0.4 is 0 Å². The fourth-order valence-corrected chi connectivity index (χ4v) is 4.91. The third-order valence-corrected chi connectivity index (χ3v) is 6.71. The molecule has 1 aliphatic rings. The first-order valence-electron chi connectivity index (χ1n) is 10.6. The maximum absolute atomic E-state index is 12.8. The van der Waals surface area contributed by atoms with Gasteiger partial charge in [0, 0.05) is 35.3 Å². The molecule has 0 spiro atoms. The highest BCUT2D eigenvalue weighted by molar-refractivity contribution is 8.18. The van der Waals surface area contributed by atoms with Crippen molar-refractivity contribution in [2.24, 2.45) is 0 Å². The number of imide groups is 1. The van der Waals surface area contributed by atoms with Crippen LogP contribution in [0.2, 0.25) is 5.02 Å². The summed E-state index contributed by atoms with van der Waals surface area (Å²) in [5.41, 5.74) is 4.53. The zero-order chi connectivity index (χ0) is 22.0. The van der Waals surface area contributed by atoms with Crippen LogP contribution in [-0.2, 0) is 17.8 Å². The molecule has 0 unspecified atom stereocenters. The Bertz CT molecular complexity index is 1160. The minimum Gasteiger partial charge on any atom is -0.342 e. The van der Waals surface area contributed by atoms with Crippen LogP contribution in [0, 0.1) is 0 Å². The van der Waals surface area contributed by atoms with E-state index in [2.05, 4.69) is 42.8 Å². The Hall–Kier alpha value is -2.50. The van der Waals surface area contributed by atoms with E-state index >= 15 is 0 Å². The Kier molecular flexibility index (Phi) is 6.54. The van der Waals surface area contributed by atoms with Crippen LogP contribution in [0.1, 0.15) is 43.4 Å². The number of unbranched alkanes of at least 4 members (excludes halogenated alkanes) is 1. The lowest BCUT2D eigenvalue weighted by molar-refractivity contribution is -0.122. The lowest BCUT2D eigenvalue weighted by Crippen LogP contribution is -2.29. The normalized spacial score (nSPS) is 15.6. The summed E-state index contributed by atoms with van der Waals surface area (Å²) in [7, 11) is 0. The number of nitrogens with zero attached hydrogens (tertiary/aromatic N) is 2. The Balaban J connectivity index is 1.75. The standard InChI is InChI=1S/C25H25ClN2O2S/c1-3-5-13-28-24(29)22(31-25(28)30)14-19-16-27(15-17-9-11-20(26)12-10-17)23-18(4-2)7-6-8-21(19)23/h6-12,14,16H,3-5,13,15H2,1-2H3/b22-14-. The molecule has 0 N–H and O–H groups in total. The van der Waals surface area contributed by atoms with Gasteiger partial charge in [0.05, 0.1) is 10.4 Å². The van der Waals surface area contributed by atoms with E-state index in [9.17, 15) is 9.59 Å². The predicted octanol–water partition coefficient (Wildman–Crippen LogP) is 6.74. The zero-order valence-electron chi connectivity index (χ0n) is 17.7. The first kappa shape index (κ1) is 21.7. The number of aromatic nitrogens is 1. The molecule has 0 saturated carbocycles. The molecular weight excluding hydrogens is 428 g/mol. The van der Waals surface area contributed by atoms with Gasteiger partial charge in [-0.15, -0.1) is 0 Å². The average Bonchev–Trinajstić information content (AvgIpc) is 3.25. The zero-order valence-corrected chi connectivity index (χ0v) is 19.3. The molecule has 2 heterocycles. The summed E-state index contributed by atoms with van der Waals surface area (Å²) in [6.45, 7) is 5.39. The summed E-state index contributed by atoms with van der Waals surface area (Å²) in [6, 6.07) is 14.1. The Morgan fingerprint density at radius 2 is 1.84 bits per heavy atom. The van der Waals surface area contributed by atoms with Crippen LogP contribution in [0.3, 0.4) is 0 Å². The van der Waals surface area contributed by atoms with Crippen molar-refractivity contribution in [3.05, 3.63) is 75.3 Å². The van der Waals surface area contributed by atoms with E-state index in [0.717, 1.165) is 58.1 Å². The van der Waals surface area contributed by atoms with Gasteiger partial charge in [0.15, 0.2) is 0 Å². The van der Waals surface area contributed by atoms with Crippen molar-refractivity contribution in [3.8, 4) is 0 Å². The number of aryl methyl sites for hydroxylation is 1. The topological polar surface area (TPSA) is 42.3 Å². The molecule has 2 aromatic carbocycles. The molecule has 3 aromatic rings. The van der Waals surface area contributed by atoms with E-state index in [1.807, 2.05) is 30.3 Å². The maximum atomic E-state index is 12.8. The lowest BCUT2D eigenvalue weighted by Gasteiger charge is -2.10. The van der Waals surface area contributed by atoms with Gasteiger partial charge in [0.1, 0.15) is 0 Å². The van der Waals surface area contributed by atoms with E-state index in [1.165, 1.54) is 10.5 Å². The first-order valence-corrected chi connectivity index (χ1v) is 11.8. The predicted molar refractivity (Wildman–Crippen MR) is 129 cm³/mol. The molecule has 0 aliphatic carbocycles. The van der Waals surface area contributed by atoms with Crippen molar-refractivity contribution < 1.29 is 9.59 Å². The van der Waals surface area contributed by atoms with Crippen LogP contribution in [0.15, 0.2) is 53.6 Å². The number of halogens is 1. The number of hydrogen-bond donors (Lipinski definition) is 0. The minimum atomic E-state index is -0.186. The van der Waals surface area contributed by atoms with Crippen molar-refractivity contribution in [1.29, 1.82) is 0 Å². The van der Waals surface area contributed by atoms with Gasteiger partial charge >= 0.3 is 0 Å². The number of benzene rings is 2. The van der Waals surface area contributed by atoms with Crippen molar-refractivity contribution in [2.45, 2.75) is 39.7 Å². The molecule has 4 nitrogen and oxygen atoms in total. The number of para-hydroxylation sites is 1. The Labute approximate surface area is 191 Å². The Morgan fingerprint density at radius 3 is 2.55 bits per heavy atom. The number of fused-ring (bicyclic) bond motifs is 1. The number of hydrogen-bond acceptors (Lipinski definition) is 3. The van der Waals surface area contributed by atoms with Gasteiger partial charge in [-0.05, 0) is 53.9 Å². The minimum absolute atomic E-state index is 0.177. The summed E-state index contributed by atoms with van der Waals surface area (Å²) < 4.78 is 2.23. The highest BCUT2D eigenvalue weighted by atomic mass is 35.5. The van der Waals surface area contributed by atoms with E-state index in [-0.39, 0.29) is 11.1 Å². The molecule has 160 valence electrons. The highest BCUT2D eigenvalue weighted by Gasteiger charge is 2.34. The first-order chi connectivity index (χ1) is 15.0. The summed E-state index contributed by atoms with van der Waals surface area (Å²) in [4.78, 5) is 27.0. The molecule has 1 aromatic heterocycles. The van der Waals surface area contributed by atoms with Gasteiger partial charge in [0.2, 0.25) is 0 Å². The molecule has 1 aliphatic heterocycles. The summed E-state index contributed by atoms with van der Waals surface area (Å²) in [5.74, 6) is -0.186. The van der Waals surface area contributed by atoms with E-state index in [4.69, 9.17) is 11.6 Å². The number of rotatable bonds is 7. The van der Waals surface area contributed by atoms with Crippen LogP contribution >= 0.6 is 23.4 Å². The van der Waals surface area contributed by atoms with Crippen molar-refractivity contribution in [1.82, 2.24) is 9.47 Å². The molecule has 1 saturated heterocycles. The van der Waals surface area contributed by atoms with Crippen molar-refractivity contribution >= 4 is 51.5 Å². The lowest BCUT2D eigenvalue weighted by atomic mass is 10.1. The fraction of sp³-hybridized carbons (Fsp3) is 0.280. The van der Waals surface area contributed by atoms with Crippen LogP contribution in [0.25, 0.3) is 17.0 Å². The van der Waals surface area contributed by atoms with E-state index in [1.54, 1.807) is 0 Å². The highest BCUT2D eigenvalue weighted by Crippen LogP contribution is 2.35. The second-order valence-corrected chi connectivity index (χ2v) is 9.12. The number of amides is 2. The van der Waals surface area contributed by atoms with Gasteiger partial charge in [-0.2, -0.15) is 0 Å². The average molecular weight is 453 g/mol. The van der Waals surface area contributed by atoms with E-state index in [0.29, 0.717) is 18.0 Å². The summed E-state index contributed by atoms with van der Waals surface area (Å²) in [5, 5.41) is 1.63. The second kappa shape index (κ2) is 9.33. The fourth-order valence-electron chi connectivity index (χ4n) is 3.93. The molecule has 1 fully saturated rings. The molecule has 0 radical (unpaired) electrons. The molecule has 31 heavy (non-hydrogen) atoms. The van der Waals surface area contributed by atoms with Gasteiger partial charge in [-0.3, -0.25) is 14.5 Å². The van der Waals surface area contributed by atoms with Gasteiger partial charge in [-0.25, -0.2) is 0 Å². The Morgan fingerprint density at radius 1 is 1.06 bits per heavy atom. The van der Waals surface area contributed by atoms with Gasteiger partial charge in [0.25, 0.3) is 11.1 Å². The quantitative estimate of drug-likeness (QED) is 0.372.